The van der Waals surface area contributed by atoms with E-state index in [1.165, 1.54) is 0 Å². The van der Waals surface area contributed by atoms with Gasteiger partial charge in [0.25, 0.3) is 5.56 Å². The monoisotopic (exact) mass is 402 g/mol. The molecule has 0 bridgehead atoms. The molecule has 0 saturated carbocycles. The highest BCUT2D eigenvalue weighted by Crippen LogP contribution is 2.22. The van der Waals surface area contributed by atoms with E-state index in [2.05, 4.69) is 40.0 Å². The Morgan fingerprint density at radius 3 is 2.60 bits per heavy atom. The molecule has 6 heteroatoms. The van der Waals surface area contributed by atoms with Crippen molar-refractivity contribution in [2.24, 2.45) is 0 Å². The van der Waals surface area contributed by atoms with Gasteiger partial charge in [-0.2, -0.15) is 0 Å². The molecule has 0 atom stereocenters. The van der Waals surface area contributed by atoms with Crippen LogP contribution < -0.4 is 10.3 Å². The third-order valence-electron chi connectivity index (χ3n) is 5.06. The van der Waals surface area contributed by atoms with Crippen LogP contribution in [0.15, 0.2) is 65.7 Å². The van der Waals surface area contributed by atoms with Crippen LogP contribution >= 0.6 is 0 Å². The molecule has 30 heavy (non-hydrogen) atoms. The van der Waals surface area contributed by atoms with Gasteiger partial charge in [0.1, 0.15) is 11.4 Å². The third kappa shape index (κ3) is 4.60. The first-order chi connectivity index (χ1) is 14.6. The van der Waals surface area contributed by atoms with Crippen LogP contribution in [-0.4, -0.2) is 47.1 Å². The lowest BCUT2D eigenvalue weighted by Crippen LogP contribution is -2.15. The van der Waals surface area contributed by atoms with E-state index >= 15 is 0 Å². The van der Waals surface area contributed by atoms with Crippen molar-refractivity contribution in [2.75, 3.05) is 27.2 Å². The number of ether oxygens (including phenoxy) is 1. The quantitative estimate of drug-likeness (QED) is 0.439. The van der Waals surface area contributed by atoms with E-state index in [0.717, 1.165) is 46.4 Å². The lowest BCUT2D eigenvalue weighted by atomic mass is 10.1. The maximum Gasteiger partial charge on any atom is 0.270 e. The maximum absolute atomic E-state index is 12.4. The number of aromatic amines is 2. The number of nitrogens with zero attached hydrogens (tertiary/aromatic N) is 2. The van der Waals surface area contributed by atoms with Crippen molar-refractivity contribution in [3.8, 4) is 17.0 Å². The summed E-state index contributed by atoms with van der Waals surface area (Å²) in [6.45, 7) is 1.68. The van der Waals surface area contributed by atoms with Gasteiger partial charge in [-0.25, -0.2) is 4.98 Å². The van der Waals surface area contributed by atoms with Crippen molar-refractivity contribution in [1.82, 2.24) is 19.9 Å². The standard InChI is InChI=1S/C24H26N4O2/c1-28(2)12-5-13-30-19-10-8-17(9-11-19)23-16-26-24(29)22(27-23)14-18-15-25-21-7-4-3-6-20(18)21/h3-4,6-11,15-16,25H,5,12-14H2,1-2H3,(H,26,29). The van der Waals surface area contributed by atoms with E-state index < -0.39 is 0 Å². The Bertz CT molecular complexity index is 1180. The zero-order valence-corrected chi connectivity index (χ0v) is 17.3. The van der Waals surface area contributed by atoms with Crippen molar-refractivity contribution >= 4 is 10.9 Å². The average molecular weight is 402 g/mol. The lowest BCUT2D eigenvalue weighted by molar-refractivity contribution is 0.281. The summed E-state index contributed by atoms with van der Waals surface area (Å²) >= 11 is 0. The highest BCUT2D eigenvalue weighted by molar-refractivity contribution is 5.83. The van der Waals surface area contributed by atoms with Crippen LogP contribution in [-0.2, 0) is 6.42 Å². The summed E-state index contributed by atoms with van der Waals surface area (Å²) in [5.74, 6) is 0.834. The zero-order chi connectivity index (χ0) is 20.9. The van der Waals surface area contributed by atoms with Gasteiger partial charge in [-0.3, -0.25) is 4.79 Å². The molecule has 2 aromatic heterocycles. The average Bonchev–Trinajstić information content (AvgIpc) is 3.16. The molecule has 4 aromatic rings. The molecule has 0 aliphatic heterocycles. The number of rotatable bonds is 8. The summed E-state index contributed by atoms with van der Waals surface area (Å²) in [5, 5.41) is 1.11. The predicted octanol–water partition coefficient (Wildman–Crippen LogP) is 3.84. The third-order valence-corrected chi connectivity index (χ3v) is 5.06. The lowest BCUT2D eigenvalue weighted by Gasteiger charge is -2.10. The first-order valence-electron chi connectivity index (χ1n) is 10.1. The van der Waals surface area contributed by atoms with Crippen molar-refractivity contribution in [1.29, 1.82) is 0 Å². The Morgan fingerprint density at radius 1 is 1.00 bits per heavy atom. The van der Waals surface area contributed by atoms with Gasteiger partial charge in [0.15, 0.2) is 0 Å². The number of benzene rings is 2. The smallest absolute Gasteiger partial charge is 0.270 e. The Balaban J connectivity index is 1.49. The minimum absolute atomic E-state index is 0.162. The molecule has 0 aliphatic carbocycles. The normalized spacial score (nSPS) is 11.3. The van der Waals surface area contributed by atoms with E-state index in [1.54, 1.807) is 6.20 Å². The summed E-state index contributed by atoms with van der Waals surface area (Å²) < 4.78 is 5.79. The van der Waals surface area contributed by atoms with Gasteiger partial charge < -0.3 is 19.6 Å². The topological polar surface area (TPSA) is 74.0 Å². The first kappa shape index (κ1) is 19.9. The number of fused-ring (bicyclic) bond motifs is 1. The van der Waals surface area contributed by atoms with E-state index in [4.69, 9.17) is 4.74 Å². The molecule has 0 radical (unpaired) electrons. The van der Waals surface area contributed by atoms with Gasteiger partial charge in [0, 0.05) is 41.8 Å². The molecule has 2 N–H and O–H groups in total. The minimum atomic E-state index is -0.162. The van der Waals surface area contributed by atoms with E-state index in [1.807, 2.05) is 48.7 Å². The maximum atomic E-state index is 12.4. The minimum Gasteiger partial charge on any atom is -0.494 e. The van der Waals surface area contributed by atoms with Crippen molar-refractivity contribution in [2.45, 2.75) is 12.8 Å². The molecule has 0 amide bonds. The molecule has 0 saturated heterocycles. The number of nitrogens with one attached hydrogen (secondary N) is 2. The van der Waals surface area contributed by atoms with Crippen LogP contribution in [0.25, 0.3) is 22.2 Å². The molecule has 4 rings (SSSR count). The number of H-pyrrole nitrogens is 2. The Kier molecular flexibility index (Phi) is 5.95. The van der Waals surface area contributed by atoms with Crippen molar-refractivity contribution < 1.29 is 4.74 Å². The molecule has 2 aromatic carbocycles. The zero-order valence-electron chi connectivity index (χ0n) is 17.3. The van der Waals surface area contributed by atoms with Crippen LogP contribution in [0.2, 0.25) is 0 Å². The Hall–Kier alpha value is -3.38. The highest BCUT2D eigenvalue weighted by atomic mass is 16.5. The summed E-state index contributed by atoms with van der Waals surface area (Å²) in [7, 11) is 4.11. The number of para-hydroxylation sites is 1. The second kappa shape index (κ2) is 8.97. The molecule has 0 unspecified atom stereocenters. The largest absolute Gasteiger partial charge is 0.494 e. The molecule has 154 valence electrons. The van der Waals surface area contributed by atoms with Crippen molar-refractivity contribution in [3.63, 3.8) is 0 Å². The Labute approximate surface area is 175 Å². The van der Waals surface area contributed by atoms with Crippen molar-refractivity contribution in [3.05, 3.63) is 82.5 Å². The van der Waals surface area contributed by atoms with Gasteiger partial charge in [0.2, 0.25) is 0 Å². The van der Waals surface area contributed by atoms with Crippen LogP contribution in [0.4, 0.5) is 0 Å². The van der Waals surface area contributed by atoms with E-state index in [9.17, 15) is 4.79 Å². The molecule has 2 heterocycles. The van der Waals surface area contributed by atoms with Crippen LogP contribution in [0.1, 0.15) is 17.7 Å². The van der Waals surface area contributed by atoms with Crippen LogP contribution in [0, 0.1) is 0 Å². The van der Waals surface area contributed by atoms with Gasteiger partial charge in [-0.05, 0) is 56.4 Å². The number of aromatic nitrogens is 3. The van der Waals surface area contributed by atoms with Gasteiger partial charge in [-0.15, -0.1) is 0 Å². The highest BCUT2D eigenvalue weighted by Gasteiger charge is 2.10. The SMILES string of the molecule is CN(C)CCCOc1ccc(-c2c[nH]c(=O)c(Cc3c[nH]c4ccccc34)n2)cc1. The molecule has 0 fully saturated rings. The molecule has 0 aliphatic rings. The second-order valence-corrected chi connectivity index (χ2v) is 7.63. The molecular formula is C24H26N4O2. The number of hydrogen-bond donors (Lipinski definition) is 2. The molecule has 0 spiro atoms. The Morgan fingerprint density at radius 2 is 1.80 bits per heavy atom. The van der Waals surface area contributed by atoms with Crippen LogP contribution in [0.5, 0.6) is 5.75 Å². The molecular weight excluding hydrogens is 376 g/mol. The fourth-order valence-corrected chi connectivity index (χ4v) is 3.46. The van der Waals surface area contributed by atoms with E-state index in [-0.39, 0.29) is 5.56 Å². The number of hydrogen-bond acceptors (Lipinski definition) is 4. The first-order valence-corrected chi connectivity index (χ1v) is 10.1. The van der Waals surface area contributed by atoms with Gasteiger partial charge in [-0.1, -0.05) is 18.2 Å². The second-order valence-electron chi connectivity index (χ2n) is 7.63. The predicted molar refractivity (Wildman–Crippen MR) is 120 cm³/mol. The summed E-state index contributed by atoms with van der Waals surface area (Å²) in [6, 6.07) is 15.9. The summed E-state index contributed by atoms with van der Waals surface area (Å²) in [4.78, 5) is 25.2. The van der Waals surface area contributed by atoms with Gasteiger partial charge in [0.05, 0.1) is 12.3 Å². The summed E-state index contributed by atoms with van der Waals surface area (Å²) in [5.41, 5.74) is 4.13. The van der Waals surface area contributed by atoms with E-state index in [0.29, 0.717) is 18.7 Å². The van der Waals surface area contributed by atoms with Gasteiger partial charge >= 0.3 is 0 Å². The van der Waals surface area contributed by atoms with Crippen LogP contribution in [0.3, 0.4) is 0 Å². The fraction of sp³-hybridized carbons (Fsp3) is 0.250. The summed E-state index contributed by atoms with van der Waals surface area (Å²) in [6.07, 6.45) is 5.06. The fourth-order valence-electron chi connectivity index (χ4n) is 3.46. The molecule has 6 nitrogen and oxygen atoms in total.